The Morgan fingerprint density at radius 3 is 2.90 bits per heavy atom. The molecule has 0 spiro atoms. The van der Waals surface area contributed by atoms with E-state index in [4.69, 9.17) is 17.3 Å². The molecule has 0 saturated carbocycles. The predicted molar refractivity (Wildman–Crippen MR) is 81.4 cm³/mol. The smallest absolute Gasteiger partial charge is 0.340 e. The molecule has 0 aliphatic rings. The Balaban J connectivity index is 2.19. The maximum atomic E-state index is 11.6. The van der Waals surface area contributed by atoms with E-state index in [-0.39, 0.29) is 11.7 Å². The van der Waals surface area contributed by atoms with Gasteiger partial charge in [-0.15, -0.1) is 11.3 Å². The van der Waals surface area contributed by atoms with Crippen LogP contribution < -0.4 is 11.1 Å². The number of nitrogens with two attached hydrogens (primary N) is 1. The van der Waals surface area contributed by atoms with Crippen molar-refractivity contribution in [3.8, 4) is 0 Å². The van der Waals surface area contributed by atoms with Crippen molar-refractivity contribution in [1.29, 1.82) is 0 Å². The summed E-state index contributed by atoms with van der Waals surface area (Å²) in [6.45, 7) is 1.98. The number of anilines is 2. The molecule has 0 aromatic carbocycles. The molecule has 5 nitrogen and oxygen atoms in total. The molecule has 20 heavy (non-hydrogen) atoms. The molecule has 0 saturated heterocycles. The van der Waals surface area contributed by atoms with Gasteiger partial charge in [0, 0.05) is 4.88 Å². The fourth-order valence-corrected chi connectivity index (χ4v) is 2.75. The van der Waals surface area contributed by atoms with E-state index < -0.39 is 5.97 Å². The first-order valence-corrected chi connectivity index (χ1v) is 7.06. The fourth-order valence-electron chi connectivity index (χ4n) is 1.69. The number of halogens is 1. The van der Waals surface area contributed by atoms with Crippen LogP contribution in [-0.4, -0.2) is 18.1 Å². The van der Waals surface area contributed by atoms with Gasteiger partial charge < -0.3 is 15.8 Å². The van der Waals surface area contributed by atoms with Crippen molar-refractivity contribution in [2.45, 2.75) is 13.0 Å². The zero-order chi connectivity index (χ0) is 14.7. The molecule has 7 heteroatoms. The maximum absolute atomic E-state index is 11.6. The molecule has 2 aromatic heterocycles. The summed E-state index contributed by atoms with van der Waals surface area (Å²) in [7, 11) is 1.31. The summed E-state index contributed by atoms with van der Waals surface area (Å²) in [5, 5.41) is 3.20. The number of ether oxygens (including phenoxy) is 1. The third-order valence-electron chi connectivity index (χ3n) is 2.73. The fraction of sp³-hybridized carbons (Fsp3) is 0.231. The van der Waals surface area contributed by atoms with Gasteiger partial charge in [-0.1, -0.05) is 11.6 Å². The number of methoxy groups -OCH3 is 1. The van der Waals surface area contributed by atoms with Crippen LogP contribution in [0.5, 0.6) is 0 Å². The molecule has 0 aliphatic carbocycles. The zero-order valence-electron chi connectivity index (χ0n) is 11.0. The minimum Gasteiger partial charge on any atom is -0.465 e. The monoisotopic (exact) mass is 311 g/mol. The van der Waals surface area contributed by atoms with Crippen molar-refractivity contribution in [1.82, 2.24) is 4.98 Å². The number of nitrogens with zero attached hydrogens (tertiary/aromatic N) is 1. The summed E-state index contributed by atoms with van der Waals surface area (Å²) in [6, 6.07) is 5.39. The van der Waals surface area contributed by atoms with Gasteiger partial charge in [-0.05, 0) is 25.1 Å². The van der Waals surface area contributed by atoms with Gasteiger partial charge in [-0.25, -0.2) is 9.78 Å². The number of carbonyl (C=O) groups excluding carboxylic acids is 1. The van der Waals surface area contributed by atoms with E-state index in [1.54, 1.807) is 6.07 Å². The molecule has 1 unspecified atom stereocenters. The lowest BCUT2D eigenvalue weighted by atomic mass is 10.2. The van der Waals surface area contributed by atoms with Crippen molar-refractivity contribution in [2.75, 3.05) is 18.2 Å². The molecule has 0 radical (unpaired) electrons. The number of esters is 1. The number of thiophene rings is 1. The van der Waals surface area contributed by atoms with Crippen molar-refractivity contribution in [3.63, 3.8) is 0 Å². The largest absolute Gasteiger partial charge is 0.465 e. The van der Waals surface area contributed by atoms with E-state index in [0.29, 0.717) is 11.4 Å². The van der Waals surface area contributed by atoms with Crippen LogP contribution in [0.1, 0.15) is 28.2 Å². The normalized spacial score (nSPS) is 11.9. The molecule has 0 fully saturated rings. The van der Waals surface area contributed by atoms with Gasteiger partial charge in [0.25, 0.3) is 0 Å². The predicted octanol–water partition coefficient (Wildman–Crippen LogP) is 3.34. The number of rotatable bonds is 4. The highest BCUT2D eigenvalue weighted by Crippen LogP contribution is 2.29. The lowest BCUT2D eigenvalue weighted by Gasteiger charge is -2.14. The van der Waals surface area contributed by atoms with E-state index >= 15 is 0 Å². The van der Waals surface area contributed by atoms with Crippen molar-refractivity contribution < 1.29 is 9.53 Å². The number of pyridine rings is 1. The number of nitrogen functional groups attached to an aromatic ring is 1. The number of nitrogens with one attached hydrogen (secondary N) is 1. The molecule has 2 heterocycles. The summed E-state index contributed by atoms with van der Waals surface area (Å²) in [4.78, 5) is 16.8. The summed E-state index contributed by atoms with van der Waals surface area (Å²) in [5.74, 6) is 0.0661. The van der Waals surface area contributed by atoms with Crippen molar-refractivity contribution >= 4 is 40.4 Å². The van der Waals surface area contributed by atoms with Gasteiger partial charge in [0.1, 0.15) is 5.82 Å². The minimum absolute atomic E-state index is 0.0223. The topological polar surface area (TPSA) is 77.2 Å². The first kappa shape index (κ1) is 14.6. The van der Waals surface area contributed by atoms with Crippen LogP contribution in [0.4, 0.5) is 11.5 Å². The van der Waals surface area contributed by atoms with Crippen LogP contribution in [0.2, 0.25) is 4.34 Å². The summed E-state index contributed by atoms with van der Waals surface area (Å²) in [5.41, 5.74) is 6.28. The third-order valence-corrected chi connectivity index (χ3v) is 4.14. The SMILES string of the molecule is COC(=O)c1cc(NC(C)c2ccc(Cl)s2)ncc1N. The van der Waals surface area contributed by atoms with Crippen LogP contribution in [0.3, 0.4) is 0 Å². The van der Waals surface area contributed by atoms with E-state index in [9.17, 15) is 4.79 Å². The molecule has 106 valence electrons. The van der Waals surface area contributed by atoms with Crippen LogP contribution in [0.25, 0.3) is 0 Å². The van der Waals surface area contributed by atoms with Gasteiger partial charge in [0.15, 0.2) is 0 Å². The molecule has 0 aliphatic heterocycles. The van der Waals surface area contributed by atoms with Crippen LogP contribution in [-0.2, 0) is 4.74 Å². The highest BCUT2D eigenvalue weighted by molar-refractivity contribution is 7.16. The van der Waals surface area contributed by atoms with Crippen molar-refractivity contribution in [2.24, 2.45) is 0 Å². The van der Waals surface area contributed by atoms with Crippen LogP contribution >= 0.6 is 22.9 Å². The third kappa shape index (κ3) is 3.20. The van der Waals surface area contributed by atoms with Gasteiger partial charge in [-0.2, -0.15) is 0 Å². The van der Waals surface area contributed by atoms with Gasteiger partial charge in [0.2, 0.25) is 0 Å². The Hall–Kier alpha value is -1.79. The summed E-state index contributed by atoms with van der Waals surface area (Å²) in [6.07, 6.45) is 1.43. The molecule has 1 atom stereocenters. The molecule has 2 rings (SSSR count). The average Bonchev–Trinajstić information content (AvgIpc) is 2.87. The van der Waals surface area contributed by atoms with Gasteiger partial charge in [-0.3, -0.25) is 0 Å². The van der Waals surface area contributed by atoms with E-state index in [1.807, 2.05) is 19.1 Å². The second-order valence-electron chi connectivity index (χ2n) is 4.16. The summed E-state index contributed by atoms with van der Waals surface area (Å²) >= 11 is 7.40. The van der Waals surface area contributed by atoms with Crippen LogP contribution in [0.15, 0.2) is 24.4 Å². The first-order valence-electron chi connectivity index (χ1n) is 5.87. The molecule has 2 aromatic rings. The Labute approximate surface area is 125 Å². The Morgan fingerprint density at radius 2 is 2.30 bits per heavy atom. The number of aromatic nitrogens is 1. The highest BCUT2D eigenvalue weighted by Gasteiger charge is 2.14. The molecule has 3 N–H and O–H groups in total. The summed E-state index contributed by atoms with van der Waals surface area (Å²) < 4.78 is 5.41. The Kier molecular flexibility index (Phi) is 4.46. The van der Waals surface area contributed by atoms with Gasteiger partial charge in [0.05, 0.1) is 34.9 Å². The van der Waals surface area contributed by atoms with E-state index in [1.165, 1.54) is 24.6 Å². The molecular formula is C13H14ClN3O2S. The highest BCUT2D eigenvalue weighted by atomic mass is 35.5. The number of carbonyl (C=O) groups is 1. The Morgan fingerprint density at radius 1 is 1.55 bits per heavy atom. The van der Waals surface area contributed by atoms with Crippen LogP contribution in [0, 0.1) is 0 Å². The van der Waals surface area contributed by atoms with E-state index in [2.05, 4.69) is 15.0 Å². The number of hydrogen-bond donors (Lipinski definition) is 2. The molecule has 0 bridgehead atoms. The average molecular weight is 312 g/mol. The Bertz CT molecular complexity index is 630. The van der Waals surface area contributed by atoms with Crippen molar-refractivity contribution in [3.05, 3.63) is 39.2 Å². The first-order chi connectivity index (χ1) is 9.51. The van der Waals surface area contributed by atoms with E-state index in [0.717, 1.165) is 9.21 Å². The molecule has 0 amide bonds. The minimum atomic E-state index is -0.486. The lowest BCUT2D eigenvalue weighted by Crippen LogP contribution is -2.10. The quantitative estimate of drug-likeness (QED) is 0.847. The van der Waals surface area contributed by atoms with Gasteiger partial charge >= 0.3 is 5.97 Å². The second kappa shape index (κ2) is 6.11. The lowest BCUT2D eigenvalue weighted by molar-refractivity contribution is 0.0602. The maximum Gasteiger partial charge on any atom is 0.340 e. The molecular weight excluding hydrogens is 298 g/mol. The number of hydrogen-bond acceptors (Lipinski definition) is 6. The standard InChI is InChI=1S/C13H14ClN3O2S/c1-7(10-3-4-11(14)20-10)17-12-5-8(13(18)19-2)9(15)6-16-12/h3-7H,15H2,1-2H3,(H,16,17). The zero-order valence-corrected chi connectivity index (χ0v) is 12.6. The second-order valence-corrected chi connectivity index (χ2v) is 5.90.